The second kappa shape index (κ2) is 245. The van der Waals surface area contributed by atoms with Crippen LogP contribution in [0.5, 0.6) is 0 Å². The lowest BCUT2D eigenvalue weighted by Crippen LogP contribution is -1.03. The zero-order valence-corrected chi connectivity index (χ0v) is 9.52. The van der Waals surface area contributed by atoms with Crippen molar-refractivity contribution in [2.24, 2.45) is 0 Å². The molecule has 86 valence electrons. The van der Waals surface area contributed by atoms with E-state index < -0.39 is 17.4 Å². The van der Waals surface area contributed by atoms with E-state index in [1.165, 1.54) is 0 Å². The summed E-state index contributed by atoms with van der Waals surface area (Å²) in [4.78, 5) is 14.0. The van der Waals surface area contributed by atoms with Crippen LogP contribution < -0.4 is 0 Å². The molecule has 0 unspecified atom stereocenters. The van der Waals surface area contributed by atoms with Gasteiger partial charge in [0.25, 0.3) is 0 Å². The molecular formula is H14MgO10P2. The quantitative estimate of drug-likeness (QED) is 0.319. The van der Waals surface area contributed by atoms with E-state index in [-0.39, 0.29) is 55.9 Å². The molecule has 14 N–H and O–H groups in total. The van der Waals surface area contributed by atoms with Gasteiger partial charge in [-0.15, -0.1) is 0 Å². The van der Waals surface area contributed by atoms with Gasteiger partial charge in [-0.25, -0.2) is 9.13 Å². The lowest BCUT2D eigenvalue weighted by Gasteiger charge is -1.24. The fraction of sp³-hybridized carbons (Fsp3) is 0. The Labute approximate surface area is 92.5 Å². The molecule has 0 spiro atoms. The summed E-state index contributed by atoms with van der Waals surface area (Å²) in [6.07, 6.45) is 0. The highest BCUT2D eigenvalue weighted by molar-refractivity contribution is 7.16. The van der Waals surface area contributed by atoms with Crippen LogP contribution in [0.1, 0.15) is 0 Å². The predicted octanol–water partition coefficient (Wildman–Crippen LogP) is -4.96. The Balaban J connectivity index is -0.00000000229. The van der Waals surface area contributed by atoms with Gasteiger partial charge in [0.15, 0.2) is 0 Å². The Morgan fingerprint density at radius 2 is 0.615 bits per heavy atom. The molecule has 0 fully saturated rings. The van der Waals surface area contributed by atoms with Gasteiger partial charge in [0.05, 0.1) is 0 Å². The first-order chi connectivity index (χ1) is 2.83. The molecule has 0 saturated heterocycles. The topological polar surface area (TPSA) is 264 Å². The van der Waals surface area contributed by atoms with Gasteiger partial charge in [0.2, 0.25) is 0 Å². The molecule has 0 saturated carbocycles. The summed E-state index contributed by atoms with van der Waals surface area (Å²) in [6.45, 7) is 0. The van der Waals surface area contributed by atoms with Crippen LogP contribution in [0.15, 0.2) is 0 Å². The minimum Gasteiger partial charge on any atom is -0.412 e. The molecule has 13 heteroatoms. The Morgan fingerprint density at radius 1 is 0.615 bits per heavy atom. The van der Waals surface area contributed by atoms with Crippen LogP contribution in [-0.2, 0) is 9.13 Å². The second-order valence-corrected chi connectivity index (χ2v) is 0.490. The van der Waals surface area contributed by atoms with Crippen molar-refractivity contribution in [1.82, 2.24) is 0 Å². The predicted molar refractivity (Wildman–Crippen MR) is 47.1 cm³/mol. The standard InChI is InChI=1S/Mg.2HO2P.6H2O/c;2*1-3-2;;;;;;/h;2*(H,1,2);6*1H2. The van der Waals surface area contributed by atoms with Crippen LogP contribution in [0.25, 0.3) is 0 Å². The molecule has 0 bridgehead atoms. The first-order valence-electron chi connectivity index (χ1n) is 0.765. The zero-order valence-electron chi connectivity index (χ0n) is 6.31. The molecule has 13 heavy (non-hydrogen) atoms. The van der Waals surface area contributed by atoms with E-state index in [1.54, 1.807) is 0 Å². The summed E-state index contributed by atoms with van der Waals surface area (Å²) in [5, 5.41) is 0. The van der Waals surface area contributed by atoms with Crippen molar-refractivity contribution in [2.75, 3.05) is 0 Å². The molecular weight excluding hydrogens is 246 g/mol. The van der Waals surface area contributed by atoms with E-state index in [0.717, 1.165) is 0 Å². The van der Waals surface area contributed by atoms with Crippen molar-refractivity contribution >= 4 is 40.4 Å². The fourth-order valence-electron chi connectivity index (χ4n) is 0. The zero-order chi connectivity index (χ0) is 5.41. The normalized spacial score (nSPS) is 3.23. The number of hydrogen-bond acceptors (Lipinski definition) is 2. The number of hydrogen-bond donors (Lipinski definition) is 2. The molecule has 0 heterocycles. The molecule has 0 aromatic rings. The van der Waals surface area contributed by atoms with Gasteiger partial charge in [-0.2, -0.15) is 0 Å². The van der Waals surface area contributed by atoms with Gasteiger partial charge >= 0.3 is 17.4 Å². The maximum Gasteiger partial charge on any atom is 0.324 e. The minimum atomic E-state index is -0.833. The van der Waals surface area contributed by atoms with Crippen molar-refractivity contribution in [1.29, 1.82) is 0 Å². The molecule has 0 aromatic heterocycles. The summed E-state index contributed by atoms with van der Waals surface area (Å²) in [6, 6.07) is 0. The Bertz CT molecular complexity index is 33.9. The van der Waals surface area contributed by atoms with Crippen molar-refractivity contribution in [3.05, 3.63) is 0 Å². The van der Waals surface area contributed by atoms with Crippen molar-refractivity contribution in [3.63, 3.8) is 0 Å². The van der Waals surface area contributed by atoms with Gasteiger partial charge in [-0.05, 0) is 0 Å². The Hall–Kier alpha value is 0.646. The van der Waals surface area contributed by atoms with Crippen LogP contribution in [0.4, 0.5) is 0 Å². The third-order valence-electron chi connectivity index (χ3n) is 0. The number of rotatable bonds is 0. The molecule has 0 aliphatic heterocycles. The Kier molecular flexibility index (Phi) is 1900. The van der Waals surface area contributed by atoms with Crippen molar-refractivity contribution in [2.45, 2.75) is 0 Å². The minimum absolute atomic E-state index is 0. The third kappa shape index (κ3) is 3430. The van der Waals surface area contributed by atoms with E-state index in [2.05, 4.69) is 0 Å². The van der Waals surface area contributed by atoms with Crippen LogP contribution in [0.3, 0.4) is 0 Å². The maximum absolute atomic E-state index is 8.46. The van der Waals surface area contributed by atoms with Crippen LogP contribution in [-0.4, -0.2) is 65.7 Å². The van der Waals surface area contributed by atoms with E-state index in [0.29, 0.717) is 0 Å². The molecule has 0 aromatic carbocycles. The molecule has 10 nitrogen and oxygen atoms in total. The Morgan fingerprint density at radius 3 is 0.615 bits per heavy atom. The average Bonchev–Trinajstić information content (AvgIpc) is 1.39. The van der Waals surface area contributed by atoms with E-state index in [1.807, 2.05) is 0 Å². The molecule has 0 aliphatic carbocycles. The monoisotopic (exact) mass is 260 g/mol. The van der Waals surface area contributed by atoms with Gasteiger partial charge in [-0.3, -0.25) is 0 Å². The van der Waals surface area contributed by atoms with E-state index >= 15 is 0 Å². The van der Waals surface area contributed by atoms with E-state index in [9.17, 15) is 0 Å². The summed E-state index contributed by atoms with van der Waals surface area (Å²) in [7, 11) is -1.67. The maximum atomic E-state index is 8.46. The highest BCUT2D eigenvalue weighted by atomic mass is 31.1. The van der Waals surface area contributed by atoms with Gasteiger partial charge in [0, 0.05) is 23.1 Å². The van der Waals surface area contributed by atoms with E-state index in [4.69, 9.17) is 18.9 Å². The van der Waals surface area contributed by atoms with Crippen LogP contribution in [0.2, 0.25) is 0 Å². The summed E-state index contributed by atoms with van der Waals surface area (Å²) >= 11 is 0. The first kappa shape index (κ1) is 101. The van der Waals surface area contributed by atoms with Gasteiger partial charge < -0.3 is 42.6 Å². The highest BCUT2D eigenvalue weighted by Gasteiger charge is 1.28. The smallest absolute Gasteiger partial charge is 0.324 e. The van der Waals surface area contributed by atoms with Gasteiger partial charge in [0.1, 0.15) is 0 Å². The summed E-state index contributed by atoms with van der Waals surface area (Å²) in [5.74, 6) is 0. The SMILES string of the molecule is O.O.O.O.O.O.O=PO.O=PO.[Mg]. The second-order valence-electron chi connectivity index (χ2n) is 0.163. The van der Waals surface area contributed by atoms with Gasteiger partial charge in [-0.1, -0.05) is 0 Å². The van der Waals surface area contributed by atoms with Crippen molar-refractivity contribution in [3.8, 4) is 0 Å². The molecule has 0 rings (SSSR count). The average molecular weight is 260 g/mol. The highest BCUT2D eigenvalue weighted by Crippen LogP contribution is 1.66. The molecule has 0 amide bonds. The lowest BCUT2D eigenvalue weighted by atomic mass is 15.9. The lowest BCUT2D eigenvalue weighted by molar-refractivity contribution is 0.523. The summed E-state index contributed by atoms with van der Waals surface area (Å²) < 4.78 is 16.9. The fourth-order valence-corrected chi connectivity index (χ4v) is 0. The van der Waals surface area contributed by atoms with Crippen molar-refractivity contribution < 1.29 is 51.8 Å². The van der Waals surface area contributed by atoms with Crippen LogP contribution in [0, 0.1) is 0 Å². The first-order valence-corrected chi connectivity index (χ1v) is 2.30. The molecule has 0 aliphatic rings. The molecule has 2 radical (unpaired) electrons. The summed E-state index contributed by atoms with van der Waals surface area (Å²) in [5.41, 5.74) is 0. The largest absolute Gasteiger partial charge is 0.412 e. The molecule has 0 atom stereocenters. The third-order valence-corrected chi connectivity index (χ3v) is 0. The van der Waals surface area contributed by atoms with Crippen LogP contribution >= 0.6 is 17.4 Å².